The number of hydrogen-bond donors (Lipinski definition) is 0. The number of nitrogens with zero attached hydrogens (tertiary/aromatic N) is 7. The van der Waals surface area contributed by atoms with Crippen LogP contribution in [0.2, 0.25) is 0 Å². The van der Waals surface area contributed by atoms with E-state index in [1.807, 2.05) is 0 Å². The minimum Gasteiger partial charge on any atom is -0.305 e. The first-order chi connectivity index (χ1) is 14.5. The van der Waals surface area contributed by atoms with Gasteiger partial charge in [-0.25, -0.2) is 28.2 Å². The van der Waals surface area contributed by atoms with Crippen LogP contribution in [0.4, 0.5) is 19.1 Å². The maximum absolute atomic E-state index is 14.9. The lowest BCUT2D eigenvalue weighted by Crippen LogP contribution is -2.59. The molecule has 2 aromatic heterocycles. The first-order valence-corrected chi connectivity index (χ1v) is 9.15. The van der Waals surface area contributed by atoms with Gasteiger partial charge in [0.25, 0.3) is 5.91 Å². The Morgan fingerprint density at radius 2 is 2.07 bits per heavy atom. The van der Waals surface area contributed by atoms with E-state index in [1.165, 1.54) is 30.9 Å². The van der Waals surface area contributed by atoms with Gasteiger partial charge in [0.1, 0.15) is 29.9 Å². The fourth-order valence-corrected chi connectivity index (χ4v) is 3.56. The Balaban J connectivity index is 1.55. The number of amides is 1. The molecule has 4 heterocycles. The van der Waals surface area contributed by atoms with Crippen LogP contribution in [0.25, 0.3) is 0 Å². The topological polar surface area (TPSA) is 108 Å². The molecule has 2 fully saturated rings. The zero-order valence-electron chi connectivity index (χ0n) is 15.5. The van der Waals surface area contributed by atoms with Gasteiger partial charge < -0.3 is 4.90 Å². The summed E-state index contributed by atoms with van der Waals surface area (Å²) in [5, 5.41) is 9.77. The third-order valence-electron chi connectivity index (χ3n) is 5.01. The predicted octanol–water partition coefficient (Wildman–Crippen LogP) is 1.45. The normalized spacial score (nSPS) is 28.9. The molecule has 2 aromatic rings. The molecule has 0 spiro atoms. The van der Waals surface area contributed by atoms with E-state index in [2.05, 4.69) is 19.9 Å². The molecule has 30 heavy (non-hydrogen) atoms. The van der Waals surface area contributed by atoms with Crippen molar-refractivity contribution in [1.29, 1.82) is 5.26 Å². The molecule has 0 radical (unpaired) electrons. The number of piperidine rings is 1. The summed E-state index contributed by atoms with van der Waals surface area (Å²) < 4.78 is 44.7. The third kappa shape index (κ3) is 3.52. The lowest BCUT2D eigenvalue weighted by atomic mass is 9.90. The van der Waals surface area contributed by atoms with Crippen molar-refractivity contribution in [3.05, 3.63) is 42.2 Å². The van der Waals surface area contributed by atoms with Crippen LogP contribution in [0.3, 0.4) is 0 Å². The van der Waals surface area contributed by atoms with Gasteiger partial charge in [0.05, 0.1) is 25.0 Å². The van der Waals surface area contributed by atoms with Gasteiger partial charge in [0.15, 0.2) is 6.17 Å². The summed E-state index contributed by atoms with van der Waals surface area (Å²) in [5.41, 5.74) is 0.332. The molecule has 2 aliphatic heterocycles. The second-order valence-electron chi connectivity index (χ2n) is 6.80. The number of halogens is 3. The molecule has 1 amide bonds. The van der Waals surface area contributed by atoms with Crippen LogP contribution < -0.4 is 4.90 Å². The van der Waals surface area contributed by atoms with E-state index >= 15 is 0 Å². The molecule has 2 saturated heterocycles. The fraction of sp³-hybridized carbons (Fsp3) is 0.444. The Hall–Kier alpha value is -3.33. The number of rotatable bonds is 3. The molecule has 0 bridgehead atoms. The van der Waals surface area contributed by atoms with Crippen LogP contribution in [-0.4, -0.2) is 62.7 Å². The van der Waals surface area contributed by atoms with Gasteiger partial charge in [-0.1, -0.05) is 0 Å². The Labute approximate surface area is 169 Å². The Kier molecular flexibility index (Phi) is 5.45. The number of nitriles is 1. The molecule has 5 atom stereocenters. The van der Waals surface area contributed by atoms with E-state index in [4.69, 9.17) is 10.1 Å². The highest BCUT2D eigenvalue weighted by atomic mass is 19.2. The highest BCUT2D eigenvalue weighted by Gasteiger charge is 2.52. The van der Waals surface area contributed by atoms with Crippen molar-refractivity contribution < 1.29 is 22.8 Å². The Morgan fingerprint density at radius 3 is 2.80 bits per heavy atom. The summed E-state index contributed by atoms with van der Waals surface area (Å²) in [6.45, 7) is -0.510. The van der Waals surface area contributed by atoms with Crippen molar-refractivity contribution in [2.45, 2.75) is 31.1 Å². The molecule has 0 aromatic carbocycles. The molecule has 0 N–H and O–H groups in total. The van der Waals surface area contributed by atoms with E-state index in [0.717, 1.165) is 5.06 Å². The molecule has 0 saturated carbocycles. The van der Waals surface area contributed by atoms with Crippen molar-refractivity contribution >= 4 is 11.9 Å². The van der Waals surface area contributed by atoms with Crippen LogP contribution in [-0.2, 0) is 9.63 Å². The number of carbonyl (C=O) groups is 1. The SMILES string of the molecule is N#Cc1ccnc(N2CC(F)C(C(=O)N3OCC[C@H]3c3cnccn3)C(F)C2F)n1. The van der Waals surface area contributed by atoms with E-state index in [1.54, 1.807) is 6.07 Å². The van der Waals surface area contributed by atoms with Gasteiger partial charge in [-0.3, -0.25) is 19.6 Å². The van der Waals surface area contributed by atoms with Crippen LogP contribution >= 0.6 is 0 Å². The molecule has 9 nitrogen and oxygen atoms in total. The van der Waals surface area contributed by atoms with Gasteiger partial charge in [-0.15, -0.1) is 0 Å². The largest absolute Gasteiger partial charge is 0.305 e. The molecule has 4 rings (SSSR count). The van der Waals surface area contributed by atoms with Crippen molar-refractivity contribution in [3.8, 4) is 6.07 Å². The summed E-state index contributed by atoms with van der Waals surface area (Å²) in [6.07, 6.45) is -1.06. The lowest BCUT2D eigenvalue weighted by Gasteiger charge is -2.40. The second kappa shape index (κ2) is 8.19. The lowest BCUT2D eigenvalue weighted by molar-refractivity contribution is -0.189. The van der Waals surface area contributed by atoms with Crippen molar-refractivity contribution in [1.82, 2.24) is 25.0 Å². The fourth-order valence-electron chi connectivity index (χ4n) is 3.56. The van der Waals surface area contributed by atoms with Gasteiger partial charge in [-0.2, -0.15) is 5.26 Å². The monoisotopic (exact) mass is 419 g/mol. The highest BCUT2D eigenvalue weighted by Crippen LogP contribution is 2.37. The molecule has 4 unspecified atom stereocenters. The smallest absolute Gasteiger partial charge is 0.256 e. The van der Waals surface area contributed by atoms with Gasteiger partial charge in [0.2, 0.25) is 12.2 Å². The van der Waals surface area contributed by atoms with Crippen LogP contribution in [0.5, 0.6) is 0 Å². The molecular formula is C18H16F3N7O2. The van der Waals surface area contributed by atoms with Crippen molar-refractivity contribution in [2.75, 3.05) is 18.1 Å². The summed E-state index contributed by atoms with van der Waals surface area (Å²) >= 11 is 0. The number of anilines is 1. The average molecular weight is 419 g/mol. The van der Waals surface area contributed by atoms with E-state index in [9.17, 15) is 18.0 Å². The van der Waals surface area contributed by atoms with Gasteiger partial charge >= 0.3 is 0 Å². The number of aromatic nitrogens is 4. The second-order valence-corrected chi connectivity index (χ2v) is 6.80. The average Bonchev–Trinajstić information content (AvgIpc) is 3.27. The highest BCUT2D eigenvalue weighted by molar-refractivity contribution is 5.80. The van der Waals surface area contributed by atoms with Crippen LogP contribution in [0, 0.1) is 17.2 Å². The Bertz CT molecular complexity index is 960. The number of carbonyl (C=O) groups excluding carboxylic acids is 1. The molecule has 12 heteroatoms. The minimum atomic E-state index is -2.50. The summed E-state index contributed by atoms with van der Waals surface area (Å²) in [6, 6.07) is 2.36. The summed E-state index contributed by atoms with van der Waals surface area (Å²) in [7, 11) is 0. The van der Waals surface area contributed by atoms with Crippen LogP contribution in [0.15, 0.2) is 30.9 Å². The third-order valence-corrected chi connectivity index (χ3v) is 5.01. The predicted molar refractivity (Wildman–Crippen MR) is 94.5 cm³/mol. The number of hydroxylamine groups is 2. The number of hydrogen-bond acceptors (Lipinski definition) is 8. The van der Waals surface area contributed by atoms with Gasteiger partial charge in [-0.05, 0) is 6.07 Å². The van der Waals surface area contributed by atoms with Crippen LogP contribution in [0.1, 0.15) is 23.9 Å². The maximum atomic E-state index is 14.9. The van der Waals surface area contributed by atoms with E-state index in [0.29, 0.717) is 17.0 Å². The van der Waals surface area contributed by atoms with Gasteiger partial charge in [0, 0.05) is 25.0 Å². The first kappa shape index (κ1) is 20.0. The molecular weight excluding hydrogens is 403 g/mol. The zero-order chi connectivity index (χ0) is 21.3. The van der Waals surface area contributed by atoms with E-state index < -0.39 is 43.1 Å². The summed E-state index contributed by atoms with van der Waals surface area (Å²) in [5.74, 6) is -3.24. The molecule has 156 valence electrons. The maximum Gasteiger partial charge on any atom is 0.256 e. The van der Waals surface area contributed by atoms with E-state index in [-0.39, 0.29) is 18.2 Å². The summed E-state index contributed by atoms with van der Waals surface area (Å²) in [4.78, 5) is 34.5. The zero-order valence-corrected chi connectivity index (χ0v) is 15.5. The van der Waals surface area contributed by atoms with Crippen molar-refractivity contribution in [3.63, 3.8) is 0 Å². The number of alkyl halides is 3. The van der Waals surface area contributed by atoms with Crippen molar-refractivity contribution in [2.24, 2.45) is 5.92 Å². The first-order valence-electron chi connectivity index (χ1n) is 9.15. The molecule has 0 aliphatic carbocycles. The standard InChI is InChI=1S/C18H16F3N7O2/c19-11-9-27(18-25-3-1-10(7-22)26-18)16(21)15(20)14(11)17(29)28-13(2-6-30-28)12-8-23-4-5-24-12/h1,3-5,8,11,13-16H,2,6,9H2/t11?,13-,14?,15?,16?/m0/s1. The molecule has 2 aliphatic rings. The Morgan fingerprint density at radius 1 is 1.23 bits per heavy atom. The minimum absolute atomic E-state index is 0.0755. The quantitative estimate of drug-likeness (QED) is 0.688.